The van der Waals surface area contributed by atoms with Gasteiger partial charge in [-0.2, -0.15) is 0 Å². The van der Waals surface area contributed by atoms with Crippen molar-refractivity contribution in [3.05, 3.63) is 17.0 Å². The first kappa shape index (κ1) is 13.7. The molecule has 1 aromatic heterocycles. The molecular weight excluding hydrogens is 238 g/mol. The minimum atomic E-state index is -0.758. The lowest BCUT2D eigenvalue weighted by atomic mass is 10.2. The number of carbonyl (C=O) groups is 2. The molecule has 1 N–H and O–H groups in total. The minimum absolute atomic E-state index is 0.208. The molecule has 17 heavy (non-hydrogen) atoms. The van der Waals surface area contributed by atoms with Gasteiger partial charge in [0.05, 0.1) is 5.00 Å². The second-order valence-corrected chi connectivity index (χ2v) is 5.15. The molecule has 0 fully saturated rings. The van der Waals surface area contributed by atoms with Gasteiger partial charge in [-0.1, -0.05) is 6.42 Å². The molecule has 0 spiro atoms. The second kappa shape index (κ2) is 7.06. The smallest absolute Gasteiger partial charge is 0.303 e. The van der Waals surface area contributed by atoms with Gasteiger partial charge in [-0.15, -0.1) is 11.3 Å². The number of aliphatic carboxylic acids is 1. The van der Waals surface area contributed by atoms with Crippen LogP contribution in [0.1, 0.15) is 30.6 Å². The highest BCUT2D eigenvalue weighted by Crippen LogP contribution is 2.24. The van der Waals surface area contributed by atoms with Crippen LogP contribution in [0.15, 0.2) is 12.1 Å². The Balaban J connectivity index is 2.28. The van der Waals surface area contributed by atoms with Crippen molar-refractivity contribution in [3.63, 3.8) is 0 Å². The summed E-state index contributed by atoms with van der Waals surface area (Å²) in [4.78, 5) is 24.1. The van der Waals surface area contributed by atoms with E-state index in [-0.39, 0.29) is 6.42 Å². The number of hydrogen-bond donors (Lipinski definition) is 1. The van der Waals surface area contributed by atoms with E-state index in [1.165, 1.54) is 4.88 Å². The average Bonchev–Trinajstić information content (AvgIpc) is 2.70. The van der Waals surface area contributed by atoms with Crippen molar-refractivity contribution in [1.82, 2.24) is 0 Å². The third-order valence-corrected chi connectivity index (χ3v) is 3.46. The quantitative estimate of drug-likeness (QED) is 0.574. The second-order valence-electron chi connectivity index (χ2n) is 3.89. The highest BCUT2D eigenvalue weighted by molar-refractivity contribution is 7.16. The molecule has 5 heteroatoms. The molecule has 0 saturated carbocycles. The lowest BCUT2D eigenvalue weighted by Crippen LogP contribution is -2.21. The average molecular weight is 255 g/mol. The summed E-state index contributed by atoms with van der Waals surface area (Å²) in [5, 5.41) is 9.44. The van der Waals surface area contributed by atoms with E-state index in [1.54, 1.807) is 16.2 Å². The molecule has 0 unspecified atom stereocenters. The summed E-state index contributed by atoms with van der Waals surface area (Å²) in [6.07, 6.45) is 3.39. The van der Waals surface area contributed by atoms with Crippen LogP contribution in [-0.2, 0) is 9.59 Å². The van der Waals surface area contributed by atoms with Crippen LogP contribution < -0.4 is 4.90 Å². The fourth-order valence-electron chi connectivity index (χ4n) is 1.53. The van der Waals surface area contributed by atoms with E-state index < -0.39 is 5.97 Å². The number of amides is 1. The summed E-state index contributed by atoms with van der Waals surface area (Å²) in [5.74, 6) is -0.758. The number of rotatable bonds is 8. The summed E-state index contributed by atoms with van der Waals surface area (Å²) in [5.41, 5.74) is 0. The van der Waals surface area contributed by atoms with Crippen LogP contribution in [-0.4, -0.2) is 24.0 Å². The monoisotopic (exact) mass is 255 g/mol. The van der Waals surface area contributed by atoms with Crippen molar-refractivity contribution < 1.29 is 14.7 Å². The third kappa shape index (κ3) is 4.99. The zero-order valence-corrected chi connectivity index (χ0v) is 10.7. The van der Waals surface area contributed by atoms with Crippen molar-refractivity contribution in [1.29, 1.82) is 0 Å². The Morgan fingerprint density at radius 1 is 1.41 bits per heavy atom. The fourth-order valence-corrected chi connectivity index (χ4v) is 2.38. The Kier molecular flexibility index (Phi) is 5.69. The zero-order valence-electron chi connectivity index (χ0n) is 9.89. The normalized spacial score (nSPS) is 10.2. The summed E-state index contributed by atoms with van der Waals surface area (Å²) >= 11 is 1.59. The van der Waals surface area contributed by atoms with Gasteiger partial charge in [0.1, 0.15) is 0 Å². The predicted octanol–water partition coefficient (Wildman–Crippen LogP) is 2.66. The Morgan fingerprint density at radius 3 is 2.71 bits per heavy atom. The molecule has 94 valence electrons. The van der Waals surface area contributed by atoms with E-state index >= 15 is 0 Å². The van der Waals surface area contributed by atoms with E-state index in [0.29, 0.717) is 13.0 Å². The Labute approximate surface area is 105 Å². The van der Waals surface area contributed by atoms with Crippen LogP contribution in [0.2, 0.25) is 0 Å². The number of unbranched alkanes of at least 4 members (excludes halogenated alkanes) is 2. The SMILES string of the molecule is Cc1ccc(N(C=O)CCCCCC(=O)O)s1. The molecule has 0 atom stereocenters. The molecule has 0 aliphatic heterocycles. The van der Waals surface area contributed by atoms with Gasteiger partial charge in [-0.3, -0.25) is 9.59 Å². The first-order valence-electron chi connectivity index (χ1n) is 5.63. The van der Waals surface area contributed by atoms with Crippen LogP contribution in [0.5, 0.6) is 0 Å². The maximum Gasteiger partial charge on any atom is 0.303 e. The molecular formula is C12H17NO3S. The summed E-state index contributed by atoms with van der Waals surface area (Å²) in [6.45, 7) is 2.66. The van der Waals surface area contributed by atoms with E-state index in [2.05, 4.69) is 0 Å². The van der Waals surface area contributed by atoms with Crippen LogP contribution in [0, 0.1) is 6.92 Å². The molecule has 1 aromatic rings. The number of hydrogen-bond acceptors (Lipinski definition) is 3. The Bertz CT molecular complexity index is 376. The number of thiophene rings is 1. The number of carboxylic acids is 1. The van der Waals surface area contributed by atoms with Gasteiger partial charge in [0.2, 0.25) is 6.41 Å². The molecule has 0 saturated heterocycles. The number of carboxylic acid groups (broad SMARTS) is 1. The first-order valence-corrected chi connectivity index (χ1v) is 6.45. The van der Waals surface area contributed by atoms with Crippen molar-refractivity contribution >= 4 is 28.7 Å². The molecule has 1 amide bonds. The summed E-state index contributed by atoms with van der Waals surface area (Å²) in [7, 11) is 0. The minimum Gasteiger partial charge on any atom is -0.481 e. The fraction of sp³-hybridized carbons (Fsp3) is 0.500. The molecule has 0 aliphatic carbocycles. The highest BCUT2D eigenvalue weighted by Gasteiger charge is 2.07. The highest BCUT2D eigenvalue weighted by atomic mass is 32.1. The van der Waals surface area contributed by atoms with E-state index in [1.807, 2.05) is 19.1 Å². The van der Waals surface area contributed by atoms with Gasteiger partial charge in [-0.25, -0.2) is 0 Å². The van der Waals surface area contributed by atoms with Gasteiger partial charge < -0.3 is 10.0 Å². The van der Waals surface area contributed by atoms with E-state index in [4.69, 9.17) is 5.11 Å². The van der Waals surface area contributed by atoms with E-state index in [9.17, 15) is 9.59 Å². The van der Waals surface area contributed by atoms with Crippen LogP contribution >= 0.6 is 11.3 Å². The summed E-state index contributed by atoms with van der Waals surface area (Å²) < 4.78 is 0. The standard InChI is InChI=1S/C12H17NO3S/c1-10-6-7-11(17-10)13(9-14)8-4-2-3-5-12(15)16/h6-7,9H,2-5,8H2,1H3,(H,15,16). The number of anilines is 1. The molecule has 1 heterocycles. The maximum absolute atomic E-state index is 10.9. The maximum atomic E-state index is 10.9. The molecule has 0 aromatic carbocycles. The Hall–Kier alpha value is -1.36. The molecule has 0 radical (unpaired) electrons. The van der Waals surface area contributed by atoms with Crippen molar-refractivity contribution in [3.8, 4) is 0 Å². The third-order valence-electron chi connectivity index (χ3n) is 2.43. The topological polar surface area (TPSA) is 57.6 Å². The van der Waals surface area contributed by atoms with Gasteiger partial charge >= 0.3 is 5.97 Å². The number of carbonyl (C=O) groups excluding carboxylic acids is 1. The zero-order chi connectivity index (χ0) is 12.7. The van der Waals surface area contributed by atoms with E-state index in [0.717, 1.165) is 24.3 Å². The van der Waals surface area contributed by atoms with Crippen molar-refractivity contribution in [2.45, 2.75) is 32.6 Å². The van der Waals surface area contributed by atoms with Crippen LogP contribution in [0.4, 0.5) is 5.00 Å². The van der Waals surface area contributed by atoms with Gasteiger partial charge in [0.25, 0.3) is 0 Å². The van der Waals surface area contributed by atoms with Gasteiger partial charge in [0.15, 0.2) is 0 Å². The van der Waals surface area contributed by atoms with Crippen molar-refractivity contribution in [2.75, 3.05) is 11.4 Å². The first-order chi connectivity index (χ1) is 8.13. The van der Waals surface area contributed by atoms with Crippen LogP contribution in [0.3, 0.4) is 0 Å². The number of aryl methyl sites for hydroxylation is 1. The molecule has 0 aliphatic rings. The lowest BCUT2D eigenvalue weighted by Gasteiger charge is -2.14. The van der Waals surface area contributed by atoms with Crippen molar-refractivity contribution in [2.24, 2.45) is 0 Å². The Morgan fingerprint density at radius 2 is 2.18 bits per heavy atom. The van der Waals surface area contributed by atoms with Gasteiger partial charge in [0, 0.05) is 17.8 Å². The predicted molar refractivity (Wildman–Crippen MR) is 68.6 cm³/mol. The number of nitrogens with zero attached hydrogens (tertiary/aromatic N) is 1. The summed E-state index contributed by atoms with van der Waals surface area (Å²) in [6, 6.07) is 3.92. The molecule has 0 bridgehead atoms. The molecule has 4 nitrogen and oxygen atoms in total. The largest absolute Gasteiger partial charge is 0.481 e. The van der Waals surface area contributed by atoms with Gasteiger partial charge in [-0.05, 0) is 31.9 Å². The van der Waals surface area contributed by atoms with Crippen LogP contribution in [0.25, 0.3) is 0 Å². The molecule has 1 rings (SSSR count). The lowest BCUT2D eigenvalue weighted by molar-refractivity contribution is -0.137.